The van der Waals surface area contributed by atoms with Crippen LogP contribution in [0.5, 0.6) is 0 Å². The molecule has 0 bridgehead atoms. The Balaban J connectivity index is 0.00000225. The van der Waals surface area contributed by atoms with Gasteiger partial charge in [-0.1, -0.05) is 27.5 Å². The summed E-state index contributed by atoms with van der Waals surface area (Å²) in [5.41, 5.74) is 3.06. The monoisotopic (exact) mass is 522 g/mol. The molecule has 6 heteroatoms. The predicted molar refractivity (Wildman–Crippen MR) is 111 cm³/mol. The highest BCUT2D eigenvalue weighted by molar-refractivity contribution is 9.10. The third-order valence-electron chi connectivity index (χ3n) is 5.11. The lowest BCUT2D eigenvalue weighted by Crippen LogP contribution is -3.00. The summed E-state index contributed by atoms with van der Waals surface area (Å²) < 4.78 is 5.60. The summed E-state index contributed by atoms with van der Waals surface area (Å²) in [5, 5.41) is 0.648. The fourth-order valence-electron chi connectivity index (χ4n) is 3.71. The molecule has 1 aliphatic rings. The third kappa shape index (κ3) is 4.58. The van der Waals surface area contributed by atoms with E-state index in [0.29, 0.717) is 17.1 Å². The second-order valence-corrected chi connectivity index (χ2v) is 8.31. The number of hydrogen-bond donors (Lipinski definition) is 0. The molecule has 0 saturated heterocycles. The number of Topliss-reactive ketones (excluding diaryl/α,β-unsaturated/α-hetero) is 1. The van der Waals surface area contributed by atoms with Gasteiger partial charge in [-0.15, -0.1) is 0 Å². The quantitative estimate of drug-likeness (QED) is 0.381. The minimum Gasteiger partial charge on any atom is -1.00 e. The van der Waals surface area contributed by atoms with Crippen LogP contribution in [0.3, 0.4) is 0 Å². The highest BCUT2D eigenvalue weighted by Crippen LogP contribution is 2.25. The van der Waals surface area contributed by atoms with Crippen LogP contribution in [0.2, 0.25) is 5.02 Å². The van der Waals surface area contributed by atoms with Gasteiger partial charge in [-0.05, 0) is 67.8 Å². The van der Waals surface area contributed by atoms with E-state index in [1.54, 1.807) is 24.3 Å². The maximum atomic E-state index is 12.8. The van der Waals surface area contributed by atoms with Gasteiger partial charge in [0.1, 0.15) is 6.20 Å². The molecule has 0 fully saturated rings. The smallest absolute Gasteiger partial charge is 0.257 e. The zero-order valence-electron chi connectivity index (χ0n) is 15.4. The van der Waals surface area contributed by atoms with Crippen LogP contribution >= 0.6 is 27.5 Å². The van der Waals surface area contributed by atoms with Gasteiger partial charge in [0.25, 0.3) is 5.82 Å². The molecule has 0 radical (unpaired) electrons. The molecule has 4 rings (SSSR count). The van der Waals surface area contributed by atoms with Gasteiger partial charge in [0.2, 0.25) is 5.78 Å². The van der Waals surface area contributed by atoms with Gasteiger partial charge in [-0.3, -0.25) is 4.79 Å². The number of carbonyl (C=O) groups excluding carboxylic acids is 1. The molecule has 28 heavy (non-hydrogen) atoms. The van der Waals surface area contributed by atoms with Gasteiger partial charge in [-0.25, -0.2) is 9.13 Å². The number of ketones is 1. The van der Waals surface area contributed by atoms with E-state index in [4.69, 9.17) is 11.6 Å². The number of benzene rings is 2. The normalized spacial score (nSPS) is 13.4. The maximum Gasteiger partial charge on any atom is 0.257 e. The van der Waals surface area contributed by atoms with Gasteiger partial charge >= 0.3 is 0 Å². The Morgan fingerprint density at radius 2 is 1.75 bits per heavy atom. The molecular weight excluding hydrogens is 504 g/mol. The number of hydrogen-bond acceptors (Lipinski definition) is 1. The topological polar surface area (TPSA) is 25.9 Å². The Morgan fingerprint density at radius 3 is 2.46 bits per heavy atom. The average molecular weight is 525 g/mol. The van der Waals surface area contributed by atoms with Crippen molar-refractivity contribution in [1.29, 1.82) is 0 Å². The summed E-state index contributed by atoms with van der Waals surface area (Å²) in [6.45, 7) is 1.36. The molecule has 0 atom stereocenters. The van der Waals surface area contributed by atoms with Gasteiger partial charge < -0.3 is 17.0 Å². The van der Waals surface area contributed by atoms with E-state index in [2.05, 4.69) is 55.5 Å². The third-order valence-corrected chi connectivity index (χ3v) is 5.89. The number of carbonyl (C=O) groups is 1. The van der Waals surface area contributed by atoms with Crippen LogP contribution in [0.15, 0.2) is 59.2 Å². The first kappa shape index (κ1) is 21.3. The van der Waals surface area contributed by atoms with Crippen molar-refractivity contribution in [2.45, 2.75) is 38.8 Å². The van der Waals surface area contributed by atoms with Gasteiger partial charge in [0.05, 0.1) is 6.54 Å². The molecule has 2 aromatic carbocycles. The van der Waals surface area contributed by atoms with Crippen LogP contribution in [0, 0.1) is 0 Å². The highest BCUT2D eigenvalue weighted by atomic mass is 79.9. The van der Waals surface area contributed by atoms with Crippen LogP contribution in [-0.4, -0.2) is 10.4 Å². The second-order valence-electron chi connectivity index (χ2n) is 6.96. The van der Waals surface area contributed by atoms with E-state index in [-0.39, 0.29) is 22.8 Å². The molecule has 146 valence electrons. The Hall–Kier alpha value is -1.43. The van der Waals surface area contributed by atoms with E-state index < -0.39 is 0 Å². The minimum absolute atomic E-state index is 0. The van der Waals surface area contributed by atoms with Crippen molar-refractivity contribution in [3.8, 4) is 11.3 Å². The Kier molecular flexibility index (Phi) is 7.13. The first-order valence-corrected chi connectivity index (χ1v) is 10.5. The summed E-state index contributed by atoms with van der Waals surface area (Å²) in [4.78, 5) is 12.8. The highest BCUT2D eigenvalue weighted by Gasteiger charge is 2.27. The summed E-state index contributed by atoms with van der Waals surface area (Å²) in [6, 6.07) is 15.5. The van der Waals surface area contributed by atoms with Crippen molar-refractivity contribution in [2.75, 3.05) is 0 Å². The molecule has 1 aliphatic heterocycles. The summed E-state index contributed by atoms with van der Waals surface area (Å²) in [6.07, 6.45) is 6.71. The first-order valence-electron chi connectivity index (χ1n) is 9.28. The maximum absolute atomic E-state index is 12.8. The predicted octanol–water partition coefficient (Wildman–Crippen LogP) is 2.47. The molecule has 0 spiro atoms. The molecule has 0 N–H and O–H groups in total. The Labute approximate surface area is 189 Å². The van der Waals surface area contributed by atoms with Crippen molar-refractivity contribution in [2.24, 2.45) is 0 Å². The molecule has 0 unspecified atom stereocenters. The van der Waals surface area contributed by atoms with E-state index in [1.807, 2.05) is 0 Å². The molecule has 3 aromatic rings. The SMILES string of the molecule is O=C(C[n+]1cc(-c2ccc(Br)cc2)n2c1CCCCC2)c1ccc(Cl)cc1.[Br-]. The van der Waals surface area contributed by atoms with Crippen LogP contribution in [0.1, 0.15) is 35.4 Å². The molecular formula is C22H21Br2ClN2O. The van der Waals surface area contributed by atoms with E-state index in [1.165, 1.54) is 36.3 Å². The minimum atomic E-state index is 0. The lowest BCUT2D eigenvalue weighted by Gasteiger charge is -2.03. The fraction of sp³-hybridized carbons (Fsp3) is 0.273. The van der Waals surface area contributed by atoms with Crippen LogP contribution < -0.4 is 21.5 Å². The number of fused-ring (bicyclic) bond motifs is 1. The number of imidazole rings is 1. The van der Waals surface area contributed by atoms with Gasteiger partial charge in [0.15, 0.2) is 12.2 Å². The summed E-state index contributed by atoms with van der Waals surface area (Å²) in [7, 11) is 0. The van der Waals surface area contributed by atoms with Crippen molar-refractivity contribution in [1.82, 2.24) is 4.57 Å². The molecule has 1 aromatic heterocycles. The van der Waals surface area contributed by atoms with Gasteiger partial charge in [-0.2, -0.15) is 0 Å². The number of halogens is 3. The zero-order chi connectivity index (χ0) is 18.8. The van der Waals surface area contributed by atoms with Crippen molar-refractivity contribution < 1.29 is 26.3 Å². The van der Waals surface area contributed by atoms with E-state index in [0.717, 1.165) is 17.4 Å². The van der Waals surface area contributed by atoms with Gasteiger partial charge in [0, 0.05) is 27.0 Å². The standard InChI is InChI=1S/C22H21BrClN2O.BrH/c23-18-9-5-16(6-10-18)20-14-25(22-4-2-1-3-13-26(20)22)15-21(27)17-7-11-19(24)12-8-17;/h5-12,14H,1-4,13,15H2;1H/q+1;/p-1. The lowest BCUT2D eigenvalue weighted by molar-refractivity contribution is -0.690. The summed E-state index contributed by atoms with van der Waals surface area (Å²) in [5.74, 6) is 1.35. The molecule has 0 amide bonds. The average Bonchev–Trinajstić information content (AvgIpc) is 2.84. The summed E-state index contributed by atoms with van der Waals surface area (Å²) >= 11 is 9.46. The van der Waals surface area contributed by atoms with Crippen LogP contribution in [0.25, 0.3) is 11.3 Å². The van der Waals surface area contributed by atoms with E-state index >= 15 is 0 Å². The van der Waals surface area contributed by atoms with Crippen LogP contribution in [-0.2, 0) is 19.5 Å². The van der Waals surface area contributed by atoms with Crippen molar-refractivity contribution in [3.05, 3.63) is 75.6 Å². The van der Waals surface area contributed by atoms with Crippen molar-refractivity contribution in [3.63, 3.8) is 0 Å². The molecule has 3 nitrogen and oxygen atoms in total. The van der Waals surface area contributed by atoms with Crippen molar-refractivity contribution >= 4 is 33.3 Å². The largest absolute Gasteiger partial charge is 1.00 e. The number of nitrogens with zero attached hydrogens (tertiary/aromatic N) is 2. The lowest BCUT2D eigenvalue weighted by atomic mass is 10.1. The first-order chi connectivity index (χ1) is 13.1. The Morgan fingerprint density at radius 1 is 1.04 bits per heavy atom. The zero-order valence-corrected chi connectivity index (χ0v) is 19.3. The molecule has 0 aliphatic carbocycles. The number of aromatic nitrogens is 2. The Bertz CT molecular complexity index is 965. The second kappa shape index (κ2) is 9.38. The molecule has 2 heterocycles. The van der Waals surface area contributed by atoms with E-state index in [9.17, 15) is 4.79 Å². The van der Waals surface area contributed by atoms with Crippen LogP contribution in [0.4, 0.5) is 0 Å². The molecule has 0 saturated carbocycles. The fourth-order valence-corrected chi connectivity index (χ4v) is 4.10. The number of rotatable bonds is 4.